The standard InChI is InChI=1S/C13H19N/c14-8-12-6-11-5-10(7-13(11)12)9-3-1-2-4-9/h3,7,11-13H,1-2,4-6,8,14H2. The summed E-state index contributed by atoms with van der Waals surface area (Å²) in [6.07, 6.45) is 11.8. The summed E-state index contributed by atoms with van der Waals surface area (Å²) in [5, 5.41) is 0. The lowest BCUT2D eigenvalue weighted by Crippen LogP contribution is -2.37. The van der Waals surface area contributed by atoms with Gasteiger partial charge in [0.25, 0.3) is 0 Å². The summed E-state index contributed by atoms with van der Waals surface area (Å²) in [5.74, 6) is 2.61. The molecule has 14 heavy (non-hydrogen) atoms. The highest BCUT2D eigenvalue weighted by molar-refractivity contribution is 5.38. The van der Waals surface area contributed by atoms with Gasteiger partial charge in [-0.3, -0.25) is 0 Å². The first kappa shape index (κ1) is 8.72. The molecule has 1 saturated carbocycles. The predicted molar refractivity (Wildman–Crippen MR) is 58.8 cm³/mol. The largest absolute Gasteiger partial charge is 0.330 e. The van der Waals surface area contributed by atoms with Gasteiger partial charge in [0.05, 0.1) is 0 Å². The zero-order valence-electron chi connectivity index (χ0n) is 8.71. The Kier molecular flexibility index (Phi) is 2.01. The van der Waals surface area contributed by atoms with Gasteiger partial charge in [-0.25, -0.2) is 0 Å². The Hall–Kier alpha value is -0.560. The van der Waals surface area contributed by atoms with Crippen LogP contribution in [0.2, 0.25) is 0 Å². The third kappa shape index (κ3) is 1.18. The Morgan fingerprint density at radius 3 is 3.00 bits per heavy atom. The number of hydrogen-bond acceptors (Lipinski definition) is 1. The van der Waals surface area contributed by atoms with Gasteiger partial charge < -0.3 is 5.73 Å². The fourth-order valence-corrected chi connectivity index (χ4v) is 3.42. The number of allylic oxidation sites excluding steroid dienone is 4. The fraction of sp³-hybridized carbons (Fsp3) is 0.692. The van der Waals surface area contributed by atoms with E-state index in [9.17, 15) is 0 Å². The molecule has 2 N–H and O–H groups in total. The summed E-state index contributed by atoms with van der Waals surface area (Å²) in [5.41, 5.74) is 9.08. The predicted octanol–water partition coefficient (Wildman–Crippen LogP) is 2.64. The molecule has 0 aliphatic heterocycles. The van der Waals surface area contributed by atoms with Crippen molar-refractivity contribution >= 4 is 0 Å². The fourth-order valence-electron chi connectivity index (χ4n) is 3.42. The minimum absolute atomic E-state index is 0.805. The Morgan fingerprint density at radius 2 is 2.29 bits per heavy atom. The van der Waals surface area contributed by atoms with Crippen molar-refractivity contribution in [2.24, 2.45) is 23.5 Å². The molecule has 0 aromatic rings. The van der Waals surface area contributed by atoms with Crippen molar-refractivity contribution < 1.29 is 0 Å². The van der Waals surface area contributed by atoms with Gasteiger partial charge in [-0.05, 0) is 67.5 Å². The van der Waals surface area contributed by atoms with Crippen LogP contribution in [0.15, 0.2) is 23.3 Å². The Labute approximate surface area is 86.1 Å². The molecule has 0 amide bonds. The van der Waals surface area contributed by atoms with Crippen LogP contribution in [0.25, 0.3) is 0 Å². The summed E-state index contributed by atoms with van der Waals surface area (Å²) in [7, 11) is 0. The van der Waals surface area contributed by atoms with Crippen molar-refractivity contribution in [3.05, 3.63) is 23.3 Å². The molecule has 0 heterocycles. The lowest BCUT2D eigenvalue weighted by molar-refractivity contribution is 0.137. The van der Waals surface area contributed by atoms with E-state index in [0.717, 1.165) is 24.3 Å². The third-order valence-corrected chi connectivity index (χ3v) is 4.33. The highest BCUT2D eigenvalue weighted by Crippen LogP contribution is 2.51. The van der Waals surface area contributed by atoms with E-state index in [1.54, 1.807) is 11.1 Å². The summed E-state index contributed by atoms with van der Waals surface area (Å²) < 4.78 is 0. The molecular formula is C13H19N. The quantitative estimate of drug-likeness (QED) is 0.710. The zero-order chi connectivity index (χ0) is 9.54. The second-order valence-corrected chi connectivity index (χ2v) is 5.09. The molecule has 0 spiro atoms. The minimum atomic E-state index is 0.805. The molecule has 1 fully saturated rings. The molecule has 0 saturated heterocycles. The van der Waals surface area contributed by atoms with Gasteiger partial charge in [-0.2, -0.15) is 0 Å². The highest BCUT2D eigenvalue weighted by Gasteiger charge is 2.42. The topological polar surface area (TPSA) is 26.0 Å². The van der Waals surface area contributed by atoms with E-state index in [1.165, 1.54) is 32.1 Å². The molecule has 3 atom stereocenters. The van der Waals surface area contributed by atoms with Crippen LogP contribution in [0.1, 0.15) is 32.1 Å². The maximum Gasteiger partial charge on any atom is -0.00430 e. The van der Waals surface area contributed by atoms with Crippen molar-refractivity contribution in [3.8, 4) is 0 Å². The smallest absolute Gasteiger partial charge is 0.00430 e. The third-order valence-electron chi connectivity index (χ3n) is 4.33. The number of fused-ring (bicyclic) bond motifs is 1. The molecule has 1 heteroatoms. The maximum absolute atomic E-state index is 5.74. The van der Waals surface area contributed by atoms with Crippen molar-refractivity contribution in [2.75, 3.05) is 6.54 Å². The summed E-state index contributed by atoms with van der Waals surface area (Å²) >= 11 is 0. The number of rotatable bonds is 2. The van der Waals surface area contributed by atoms with E-state index in [-0.39, 0.29) is 0 Å². The van der Waals surface area contributed by atoms with Gasteiger partial charge >= 0.3 is 0 Å². The zero-order valence-corrected chi connectivity index (χ0v) is 8.71. The Morgan fingerprint density at radius 1 is 1.36 bits per heavy atom. The van der Waals surface area contributed by atoms with Crippen LogP contribution in [-0.4, -0.2) is 6.54 Å². The molecule has 3 unspecified atom stereocenters. The van der Waals surface area contributed by atoms with Crippen LogP contribution in [0.5, 0.6) is 0 Å². The van der Waals surface area contributed by atoms with Gasteiger partial charge in [-0.15, -0.1) is 0 Å². The van der Waals surface area contributed by atoms with Crippen LogP contribution >= 0.6 is 0 Å². The summed E-state index contributed by atoms with van der Waals surface area (Å²) in [4.78, 5) is 0. The molecule has 3 rings (SSSR count). The summed E-state index contributed by atoms with van der Waals surface area (Å²) in [6.45, 7) is 0.893. The molecule has 0 aromatic carbocycles. The lowest BCUT2D eigenvalue weighted by Gasteiger charge is -2.39. The van der Waals surface area contributed by atoms with Gasteiger partial charge in [0.2, 0.25) is 0 Å². The van der Waals surface area contributed by atoms with E-state index in [4.69, 9.17) is 5.73 Å². The summed E-state index contributed by atoms with van der Waals surface area (Å²) in [6, 6.07) is 0. The molecule has 0 radical (unpaired) electrons. The first-order valence-electron chi connectivity index (χ1n) is 5.98. The van der Waals surface area contributed by atoms with Crippen LogP contribution in [-0.2, 0) is 0 Å². The second-order valence-electron chi connectivity index (χ2n) is 5.09. The van der Waals surface area contributed by atoms with Crippen LogP contribution in [0.4, 0.5) is 0 Å². The van der Waals surface area contributed by atoms with Crippen LogP contribution in [0.3, 0.4) is 0 Å². The molecule has 0 aromatic heterocycles. The maximum atomic E-state index is 5.74. The monoisotopic (exact) mass is 189 g/mol. The average Bonchev–Trinajstić information content (AvgIpc) is 2.76. The second kappa shape index (κ2) is 3.23. The molecule has 1 nitrogen and oxygen atoms in total. The first-order valence-corrected chi connectivity index (χ1v) is 5.98. The van der Waals surface area contributed by atoms with Crippen molar-refractivity contribution in [2.45, 2.75) is 32.1 Å². The minimum Gasteiger partial charge on any atom is -0.330 e. The number of nitrogens with two attached hydrogens (primary N) is 1. The van der Waals surface area contributed by atoms with E-state index < -0.39 is 0 Å². The van der Waals surface area contributed by atoms with Crippen molar-refractivity contribution in [1.29, 1.82) is 0 Å². The van der Waals surface area contributed by atoms with Gasteiger partial charge in [0, 0.05) is 0 Å². The Bertz CT molecular complexity index is 300. The SMILES string of the molecule is NCC1CC2CC(C3=CCCC3)=CC12. The lowest BCUT2D eigenvalue weighted by atomic mass is 9.66. The van der Waals surface area contributed by atoms with Crippen molar-refractivity contribution in [3.63, 3.8) is 0 Å². The first-order chi connectivity index (χ1) is 6.88. The van der Waals surface area contributed by atoms with Gasteiger partial charge in [-0.1, -0.05) is 12.2 Å². The van der Waals surface area contributed by atoms with E-state index in [0.29, 0.717) is 0 Å². The van der Waals surface area contributed by atoms with E-state index in [2.05, 4.69) is 12.2 Å². The van der Waals surface area contributed by atoms with Gasteiger partial charge in [0.1, 0.15) is 0 Å². The normalized spacial score (nSPS) is 40.2. The molecule has 76 valence electrons. The van der Waals surface area contributed by atoms with Gasteiger partial charge in [0.15, 0.2) is 0 Å². The molecular weight excluding hydrogens is 170 g/mol. The number of hydrogen-bond donors (Lipinski definition) is 1. The molecule has 0 bridgehead atoms. The van der Waals surface area contributed by atoms with E-state index in [1.807, 2.05) is 0 Å². The van der Waals surface area contributed by atoms with Crippen LogP contribution < -0.4 is 5.73 Å². The van der Waals surface area contributed by atoms with Crippen molar-refractivity contribution in [1.82, 2.24) is 0 Å². The molecule has 3 aliphatic carbocycles. The van der Waals surface area contributed by atoms with Crippen LogP contribution in [0, 0.1) is 17.8 Å². The Balaban J connectivity index is 1.74. The highest BCUT2D eigenvalue weighted by atomic mass is 14.6. The average molecular weight is 189 g/mol. The van der Waals surface area contributed by atoms with E-state index >= 15 is 0 Å². The molecule has 3 aliphatic rings.